The number of halogens is 3. The number of thiophene rings is 1. The van der Waals surface area contributed by atoms with E-state index >= 15 is 0 Å². The molecule has 3 heterocycles. The fourth-order valence-electron chi connectivity index (χ4n) is 3.25. The lowest BCUT2D eigenvalue weighted by Crippen LogP contribution is -2.39. The first kappa shape index (κ1) is 20.0. The third-order valence-corrected chi connectivity index (χ3v) is 7.44. The van der Waals surface area contributed by atoms with Crippen LogP contribution in [-0.4, -0.2) is 36.0 Å². The largest absolute Gasteiger partial charge is 0.416 e. The lowest BCUT2D eigenvalue weighted by molar-refractivity contribution is -0.137. The minimum Gasteiger partial charge on any atom is -0.339 e. The van der Waals surface area contributed by atoms with Crippen molar-refractivity contribution in [2.24, 2.45) is 0 Å². The summed E-state index contributed by atoms with van der Waals surface area (Å²) < 4.78 is 71.3. The molecule has 0 unspecified atom stereocenters. The SMILES string of the molecule is O=S(=O)(c1cccc(C(F)(F)F)c1)N1CCC[C@@H](c2nc(-c3cccs3)no2)C1. The van der Waals surface area contributed by atoms with E-state index < -0.39 is 21.8 Å². The normalized spacial score (nSPS) is 18.8. The Labute approximate surface area is 169 Å². The van der Waals surface area contributed by atoms with Gasteiger partial charge in [0.15, 0.2) is 0 Å². The number of hydrogen-bond acceptors (Lipinski definition) is 6. The molecule has 1 aliphatic heterocycles. The van der Waals surface area contributed by atoms with Crippen molar-refractivity contribution in [2.75, 3.05) is 13.1 Å². The van der Waals surface area contributed by atoms with Crippen LogP contribution in [0, 0.1) is 0 Å². The first-order valence-corrected chi connectivity index (χ1v) is 11.1. The molecule has 0 N–H and O–H groups in total. The van der Waals surface area contributed by atoms with Gasteiger partial charge in [0.25, 0.3) is 0 Å². The Bertz CT molecular complexity index is 1100. The highest BCUT2D eigenvalue weighted by atomic mass is 32.2. The number of piperidine rings is 1. The van der Waals surface area contributed by atoms with E-state index in [2.05, 4.69) is 10.1 Å². The second kappa shape index (κ2) is 7.54. The molecule has 0 saturated carbocycles. The Morgan fingerprint density at radius 3 is 2.76 bits per heavy atom. The van der Waals surface area contributed by atoms with Crippen molar-refractivity contribution < 1.29 is 26.1 Å². The molecule has 1 atom stereocenters. The zero-order chi connectivity index (χ0) is 20.6. The lowest BCUT2D eigenvalue weighted by atomic mass is 10.00. The minimum absolute atomic E-state index is 0.0741. The van der Waals surface area contributed by atoms with Crippen LogP contribution in [-0.2, 0) is 16.2 Å². The average Bonchev–Trinajstić information content (AvgIpc) is 3.39. The predicted molar refractivity (Wildman–Crippen MR) is 99.8 cm³/mol. The van der Waals surface area contributed by atoms with E-state index in [4.69, 9.17) is 4.52 Å². The highest BCUT2D eigenvalue weighted by molar-refractivity contribution is 7.89. The summed E-state index contributed by atoms with van der Waals surface area (Å²) in [5.41, 5.74) is -0.996. The Hall–Kier alpha value is -2.24. The number of hydrogen-bond donors (Lipinski definition) is 0. The van der Waals surface area contributed by atoms with Gasteiger partial charge in [-0.05, 0) is 42.5 Å². The van der Waals surface area contributed by atoms with Gasteiger partial charge in [-0.2, -0.15) is 22.5 Å². The van der Waals surface area contributed by atoms with Gasteiger partial charge in [0.1, 0.15) is 0 Å². The summed E-state index contributed by atoms with van der Waals surface area (Å²) >= 11 is 1.46. The van der Waals surface area contributed by atoms with Crippen LogP contribution in [0.15, 0.2) is 51.2 Å². The van der Waals surface area contributed by atoms with E-state index in [0.717, 1.165) is 17.0 Å². The number of rotatable bonds is 4. The monoisotopic (exact) mass is 443 g/mol. The third kappa shape index (κ3) is 4.07. The summed E-state index contributed by atoms with van der Waals surface area (Å²) in [5.74, 6) is 0.454. The zero-order valence-electron chi connectivity index (χ0n) is 15.0. The van der Waals surface area contributed by atoms with Crippen LogP contribution in [0.5, 0.6) is 0 Å². The molecule has 0 radical (unpaired) electrons. The van der Waals surface area contributed by atoms with Gasteiger partial charge in [-0.25, -0.2) is 8.42 Å². The molecule has 2 aromatic heterocycles. The molecule has 4 rings (SSSR count). The van der Waals surface area contributed by atoms with Crippen LogP contribution >= 0.6 is 11.3 Å². The molecular formula is C18H16F3N3O3S2. The summed E-state index contributed by atoms with van der Waals surface area (Å²) in [6.45, 7) is 0.297. The fraction of sp³-hybridized carbons (Fsp3) is 0.333. The van der Waals surface area contributed by atoms with E-state index in [1.807, 2.05) is 17.5 Å². The molecule has 154 valence electrons. The highest BCUT2D eigenvalue weighted by Crippen LogP contribution is 2.34. The highest BCUT2D eigenvalue weighted by Gasteiger charge is 2.36. The molecule has 0 aliphatic carbocycles. The standard InChI is InChI=1S/C18H16F3N3O3S2/c19-18(20,21)13-5-1-6-14(10-13)29(25,26)24-8-2-4-12(11-24)17-22-16(23-27-17)15-7-3-9-28-15/h1,3,5-7,9-10,12H,2,4,8,11H2/t12-/m1/s1. The quantitative estimate of drug-likeness (QED) is 0.598. The van der Waals surface area contributed by atoms with E-state index in [0.29, 0.717) is 30.6 Å². The van der Waals surface area contributed by atoms with Gasteiger partial charge in [0.05, 0.1) is 21.3 Å². The van der Waals surface area contributed by atoms with Gasteiger partial charge in [-0.1, -0.05) is 17.3 Å². The van der Waals surface area contributed by atoms with Crippen molar-refractivity contribution >= 4 is 21.4 Å². The van der Waals surface area contributed by atoms with Crippen LogP contribution in [0.25, 0.3) is 10.7 Å². The molecule has 0 amide bonds. The molecular weight excluding hydrogens is 427 g/mol. The molecule has 0 bridgehead atoms. The van der Waals surface area contributed by atoms with Gasteiger partial charge < -0.3 is 4.52 Å². The molecule has 0 spiro atoms. The first-order valence-electron chi connectivity index (χ1n) is 8.80. The van der Waals surface area contributed by atoms with Crippen molar-refractivity contribution in [2.45, 2.75) is 29.8 Å². The summed E-state index contributed by atoms with van der Waals surface area (Å²) in [6.07, 6.45) is -3.42. The second-order valence-electron chi connectivity index (χ2n) is 6.66. The van der Waals surface area contributed by atoms with Crippen molar-refractivity contribution in [3.8, 4) is 10.7 Å². The van der Waals surface area contributed by atoms with E-state index in [-0.39, 0.29) is 23.9 Å². The topological polar surface area (TPSA) is 76.3 Å². The molecule has 1 fully saturated rings. The maximum atomic E-state index is 13.0. The number of sulfonamides is 1. The Balaban J connectivity index is 1.57. The zero-order valence-corrected chi connectivity index (χ0v) is 16.6. The smallest absolute Gasteiger partial charge is 0.339 e. The van der Waals surface area contributed by atoms with E-state index in [1.165, 1.54) is 21.7 Å². The number of benzene rings is 1. The lowest BCUT2D eigenvalue weighted by Gasteiger charge is -2.30. The summed E-state index contributed by atoms with van der Waals surface area (Å²) in [5, 5.41) is 5.83. The molecule has 6 nitrogen and oxygen atoms in total. The molecule has 1 saturated heterocycles. The Morgan fingerprint density at radius 2 is 2.03 bits per heavy atom. The van der Waals surface area contributed by atoms with Crippen molar-refractivity contribution in [1.29, 1.82) is 0 Å². The van der Waals surface area contributed by atoms with Crippen LogP contribution in [0.1, 0.15) is 30.2 Å². The minimum atomic E-state index is -4.61. The van der Waals surface area contributed by atoms with Crippen LogP contribution < -0.4 is 0 Å². The second-order valence-corrected chi connectivity index (χ2v) is 9.55. The summed E-state index contributed by atoms with van der Waals surface area (Å²) in [6, 6.07) is 7.51. The Morgan fingerprint density at radius 1 is 1.21 bits per heavy atom. The molecule has 11 heteroatoms. The van der Waals surface area contributed by atoms with Gasteiger partial charge in [-0.3, -0.25) is 0 Å². The predicted octanol–water partition coefficient (Wildman–Crippen LogP) is 4.39. The van der Waals surface area contributed by atoms with E-state index in [9.17, 15) is 21.6 Å². The van der Waals surface area contributed by atoms with E-state index in [1.54, 1.807) is 0 Å². The third-order valence-electron chi connectivity index (χ3n) is 4.72. The maximum absolute atomic E-state index is 13.0. The van der Waals surface area contributed by atoms with Crippen molar-refractivity contribution in [3.63, 3.8) is 0 Å². The molecule has 1 aliphatic rings. The van der Waals surface area contributed by atoms with Crippen LogP contribution in [0.3, 0.4) is 0 Å². The number of alkyl halides is 3. The maximum Gasteiger partial charge on any atom is 0.416 e. The van der Waals surface area contributed by atoms with Gasteiger partial charge >= 0.3 is 6.18 Å². The molecule has 3 aromatic rings. The number of nitrogens with zero attached hydrogens (tertiary/aromatic N) is 3. The molecule has 29 heavy (non-hydrogen) atoms. The fourth-order valence-corrected chi connectivity index (χ4v) is 5.47. The first-order chi connectivity index (χ1) is 13.7. The average molecular weight is 443 g/mol. The van der Waals surface area contributed by atoms with Gasteiger partial charge in [0.2, 0.25) is 21.7 Å². The van der Waals surface area contributed by atoms with Gasteiger partial charge in [-0.15, -0.1) is 11.3 Å². The Kier molecular flexibility index (Phi) is 5.21. The molecule has 1 aromatic carbocycles. The van der Waals surface area contributed by atoms with Crippen molar-refractivity contribution in [1.82, 2.24) is 14.4 Å². The van der Waals surface area contributed by atoms with Crippen LogP contribution in [0.4, 0.5) is 13.2 Å². The van der Waals surface area contributed by atoms with Crippen molar-refractivity contribution in [3.05, 3.63) is 53.2 Å². The van der Waals surface area contributed by atoms with Gasteiger partial charge in [0, 0.05) is 13.1 Å². The van der Waals surface area contributed by atoms with Crippen LogP contribution in [0.2, 0.25) is 0 Å². The number of aromatic nitrogens is 2. The summed E-state index contributed by atoms with van der Waals surface area (Å²) in [4.78, 5) is 4.83. The summed E-state index contributed by atoms with van der Waals surface area (Å²) in [7, 11) is -4.08.